The zero-order valence-electron chi connectivity index (χ0n) is 11.2. The molecular weight excluding hydrogens is 260 g/mol. The van der Waals surface area contributed by atoms with Gasteiger partial charge in [0.25, 0.3) is 0 Å². The third kappa shape index (κ3) is 2.24. The second-order valence-corrected chi connectivity index (χ2v) is 6.11. The molecule has 1 aliphatic heterocycles. The van der Waals surface area contributed by atoms with Crippen molar-refractivity contribution < 1.29 is 9.53 Å². The molecular formula is C16H17ClO2. The van der Waals surface area contributed by atoms with Gasteiger partial charge in [-0.3, -0.25) is 4.79 Å². The molecule has 0 saturated heterocycles. The lowest BCUT2D eigenvalue weighted by Crippen LogP contribution is -2.29. The van der Waals surface area contributed by atoms with Crippen molar-refractivity contribution in [3.8, 4) is 0 Å². The molecule has 1 heterocycles. The lowest BCUT2D eigenvalue weighted by Gasteiger charge is -2.33. The molecule has 1 aromatic rings. The molecule has 0 amide bonds. The number of halogens is 1. The molecule has 3 rings (SSSR count). The van der Waals surface area contributed by atoms with E-state index in [9.17, 15) is 4.79 Å². The van der Waals surface area contributed by atoms with Crippen LogP contribution >= 0.6 is 11.6 Å². The van der Waals surface area contributed by atoms with Crippen LogP contribution in [0.5, 0.6) is 0 Å². The molecule has 0 aromatic heterocycles. The van der Waals surface area contributed by atoms with Crippen LogP contribution in [0.1, 0.15) is 42.6 Å². The zero-order valence-corrected chi connectivity index (χ0v) is 12.0. The largest absolute Gasteiger partial charge is 0.373 e. The first-order chi connectivity index (χ1) is 9.06. The number of hydrogen-bond donors (Lipinski definition) is 0. The summed E-state index contributed by atoms with van der Waals surface area (Å²) in [6.45, 7) is 4.91. The first-order valence-electron chi connectivity index (χ1n) is 6.72. The zero-order chi connectivity index (χ0) is 13.6. The minimum absolute atomic E-state index is 0.204. The quantitative estimate of drug-likeness (QED) is 0.771. The molecule has 1 atom stereocenters. The van der Waals surface area contributed by atoms with Gasteiger partial charge in [-0.15, -0.1) is 0 Å². The molecule has 0 radical (unpaired) electrons. The maximum Gasteiger partial charge on any atom is 0.167 e. The predicted molar refractivity (Wildman–Crippen MR) is 76.5 cm³/mol. The molecule has 1 aliphatic carbocycles. The molecule has 0 bridgehead atoms. The van der Waals surface area contributed by atoms with Crippen molar-refractivity contribution in [3.05, 3.63) is 39.9 Å². The van der Waals surface area contributed by atoms with E-state index in [0.29, 0.717) is 24.0 Å². The minimum atomic E-state index is 0.204. The van der Waals surface area contributed by atoms with Crippen LogP contribution in [0.4, 0.5) is 0 Å². The number of rotatable bonds is 1. The highest BCUT2D eigenvalue weighted by Gasteiger charge is 2.31. The van der Waals surface area contributed by atoms with E-state index in [0.717, 1.165) is 17.5 Å². The highest BCUT2D eigenvalue weighted by molar-refractivity contribution is 6.31. The Morgan fingerprint density at radius 1 is 1.32 bits per heavy atom. The summed E-state index contributed by atoms with van der Waals surface area (Å²) in [6.07, 6.45) is 1.63. The summed E-state index contributed by atoms with van der Waals surface area (Å²) in [5.41, 5.74) is 4.18. The summed E-state index contributed by atoms with van der Waals surface area (Å²) in [7, 11) is 0. The fourth-order valence-electron chi connectivity index (χ4n) is 2.89. The normalized spacial score (nSPS) is 22.5. The van der Waals surface area contributed by atoms with Gasteiger partial charge in [0.2, 0.25) is 0 Å². The number of hydrogen-bond acceptors (Lipinski definition) is 2. The number of Topliss-reactive ketones (excluding diaryl/α,β-unsaturated/α-hetero) is 1. The van der Waals surface area contributed by atoms with Gasteiger partial charge in [0.05, 0.1) is 12.7 Å². The van der Waals surface area contributed by atoms with Gasteiger partial charge >= 0.3 is 0 Å². The van der Waals surface area contributed by atoms with Crippen LogP contribution in [0.3, 0.4) is 0 Å². The molecule has 1 unspecified atom stereocenters. The van der Waals surface area contributed by atoms with Crippen LogP contribution in [-0.2, 0) is 4.74 Å². The summed E-state index contributed by atoms with van der Waals surface area (Å²) in [5, 5.41) is 0.672. The van der Waals surface area contributed by atoms with E-state index < -0.39 is 0 Å². The van der Waals surface area contributed by atoms with Crippen molar-refractivity contribution in [2.75, 3.05) is 6.61 Å². The third-order valence-corrected chi connectivity index (χ3v) is 4.28. The highest BCUT2D eigenvalue weighted by Crippen LogP contribution is 2.39. The number of ketones is 1. The van der Waals surface area contributed by atoms with E-state index >= 15 is 0 Å². The topological polar surface area (TPSA) is 26.3 Å². The molecule has 0 N–H and O–H groups in total. The summed E-state index contributed by atoms with van der Waals surface area (Å²) in [4.78, 5) is 12.2. The van der Waals surface area contributed by atoms with E-state index in [1.54, 1.807) is 6.07 Å². The predicted octanol–water partition coefficient (Wildman–Crippen LogP) is 4.12. The van der Waals surface area contributed by atoms with Gasteiger partial charge in [-0.2, -0.15) is 0 Å². The number of ether oxygens (including phenoxy) is 1. The van der Waals surface area contributed by atoms with Crippen LogP contribution in [0.15, 0.2) is 23.8 Å². The molecule has 0 fully saturated rings. The van der Waals surface area contributed by atoms with Crippen LogP contribution in [0, 0.1) is 5.92 Å². The average molecular weight is 277 g/mol. The average Bonchev–Trinajstić information content (AvgIpc) is 2.37. The van der Waals surface area contributed by atoms with Crippen LogP contribution in [0.25, 0.3) is 5.57 Å². The van der Waals surface area contributed by atoms with Gasteiger partial charge in [-0.25, -0.2) is 0 Å². The standard InChI is InChI=1S/C16H17ClO2/c1-9(2)16-6-10-5-15(18)12-4-3-11(17)7-13(12)14(10)8-19-16/h3-4,7,9,16H,5-6,8H2,1-2H3. The van der Waals surface area contributed by atoms with Crippen molar-refractivity contribution in [1.82, 2.24) is 0 Å². The van der Waals surface area contributed by atoms with E-state index in [2.05, 4.69) is 13.8 Å². The highest BCUT2D eigenvalue weighted by atomic mass is 35.5. The van der Waals surface area contributed by atoms with Crippen molar-refractivity contribution >= 4 is 23.0 Å². The van der Waals surface area contributed by atoms with Crippen molar-refractivity contribution in [3.63, 3.8) is 0 Å². The Hall–Kier alpha value is -1.12. The monoisotopic (exact) mass is 276 g/mol. The van der Waals surface area contributed by atoms with Gasteiger partial charge in [-0.1, -0.05) is 31.0 Å². The molecule has 0 spiro atoms. The summed E-state index contributed by atoms with van der Waals surface area (Å²) < 4.78 is 5.93. The van der Waals surface area contributed by atoms with Crippen molar-refractivity contribution in [1.29, 1.82) is 0 Å². The molecule has 19 heavy (non-hydrogen) atoms. The van der Waals surface area contributed by atoms with Crippen LogP contribution in [-0.4, -0.2) is 18.5 Å². The number of carbonyl (C=O) groups is 1. The van der Waals surface area contributed by atoms with E-state index in [1.807, 2.05) is 12.1 Å². The third-order valence-electron chi connectivity index (χ3n) is 4.04. The molecule has 3 heteroatoms. The minimum Gasteiger partial charge on any atom is -0.373 e. The van der Waals surface area contributed by atoms with Crippen LogP contribution in [0.2, 0.25) is 5.02 Å². The number of carbonyl (C=O) groups excluding carboxylic acids is 1. The van der Waals surface area contributed by atoms with E-state index in [4.69, 9.17) is 16.3 Å². The summed E-state index contributed by atoms with van der Waals surface area (Å²) >= 11 is 6.06. The lowest BCUT2D eigenvalue weighted by molar-refractivity contribution is 0.0350. The van der Waals surface area contributed by atoms with Crippen molar-refractivity contribution in [2.45, 2.75) is 32.8 Å². The fraction of sp³-hybridized carbons (Fsp3) is 0.438. The Bertz CT molecular complexity index is 572. The van der Waals surface area contributed by atoms with Gasteiger partial charge < -0.3 is 4.74 Å². The first-order valence-corrected chi connectivity index (χ1v) is 7.09. The lowest BCUT2D eigenvalue weighted by atomic mass is 9.80. The molecule has 1 aromatic carbocycles. The van der Waals surface area contributed by atoms with Gasteiger partial charge in [0.1, 0.15) is 0 Å². The fourth-order valence-corrected chi connectivity index (χ4v) is 3.06. The van der Waals surface area contributed by atoms with Gasteiger partial charge in [0, 0.05) is 17.0 Å². The Morgan fingerprint density at radius 3 is 2.84 bits per heavy atom. The number of fused-ring (bicyclic) bond motifs is 2. The molecule has 0 saturated carbocycles. The van der Waals surface area contributed by atoms with E-state index in [-0.39, 0.29) is 11.9 Å². The first kappa shape index (κ1) is 12.9. The Balaban J connectivity index is 2.05. The summed E-state index contributed by atoms with van der Waals surface area (Å²) in [6, 6.07) is 5.51. The molecule has 2 aliphatic rings. The maximum atomic E-state index is 12.2. The second kappa shape index (κ2) is 4.77. The molecule has 100 valence electrons. The maximum absolute atomic E-state index is 12.2. The molecule has 2 nitrogen and oxygen atoms in total. The Labute approximate surface area is 118 Å². The van der Waals surface area contributed by atoms with Crippen molar-refractivity contribution in [2.24, 2.45) is 5.92 Å². The van der Waals surface area contributed by atoms with Crippen LogP contribution < -0.4 is 0 Å². The number of benzene rings is 1. The van der Waals surface area contributed by atoms with E-state index in [1.165, 1.54) is 11.1 Å². The van der Waals surface area contributed by atoms with Gasteiger partial charge in [0.15, 0.2) is 5.78 Å². The van der Waals surface area contributed by atoms with Gasteiger partial charge in [-0.05, 0) is 41.7 Å². The second-order valence-electron chi connectivity index (χ2n) is 5.67. The Morgan fingerprint density at radius 2 is 2.11 bits per heavy atom. The SMILES string of the molecule is CC(C)C1CC2=C(CO1)c1cc(Cl)ccc1C(=O)C2. The summed E-state index contributed by atoms with van der Waals surface area (Å²) in [5.74, 6) is 0.680. The smallest absolute Gasteiger partial charge is 0.167 e. The Kier molecular flexibility index (Phi) is 3.23.